The number of aromatic nitrogens is 2. The number of hydrogen-bond acceptors (Lipinski definition) is 6. The van der Waals surface area contributed by atoms with Crippen LogP contribution in [0.1, 0.15) is 66.5 Å². The Morgan fingerprint density at radius 1 is 1.11 bits per heavy atom. The highest BCUT2D eigenvalue weighted by Gasteiger charge is 2.42. The lowest BCUT2D eigenvalue weighted by Crippen LogP contribution is -2.55. The van der Waals surface area contributed by atoms with Gasteiger partial charge in [-0.1, -0.05) is 38.1 Å². The first-order valence-electron chi connectivity index (χ1n) is 13.2. The van der Waals surface area contributed by atoms with Crippen molar-refractivity contribution in [2.45, 2.75) is 91.3 Å². The minimum absolute atomic E-state index is 0.0182. The molecule has 3 N–H and O–H groups in total. The molecule has 3 amide bonds. The molecule has 1 saturated heterocycles. The van der Waals surface area contributed by atoms with Gasteiger partial charge in [-0.3, -0.25) is 14.3 Å². The summed E-state index contributed by atoms with van der Waals surface area (Å²) in [5.41, 5.74) is 2.24. The highest BCUT2D eigenvalue weighted by Crippen LogP contribution is 2.25. The van der Waals surface area contributed by atoms with E-state index in [0.29, 0.717) is 0 Å². The Hall–Kier alpha value is -3.40. The summed E-state index contributed by atoms with van der Waals surface area (Å²) in [6, 6.07) is 7.80. The number of β-amino-alcohol motifs (C(OH)–C–C–N with tert-alkyl or cyclic N) is 1. The topological polar surface area (TPSA) is 126 Å². The van der Waals surface area contributed by atoms with Gasteiger partial charge < -0.3 is 25.4 Å². The molecular formula is C28H41N5O5. The highest BCUT2D eigenvalue weighted by molar-refractivity contribution is 5.92. The predicted octanol–water partition coefficient (Wildman–Crippen LogP) is 3.26. The van der Waals surface area contributed by atoms with Crippen molar-refractivity contribution in [2.24, 2.45) is 5.92 Å². The summed E-state index contributed by atoms with van der Waals surface area (Å²) in [6.45, 7) is 13.5. The SMILES string of the molecule is CCn1nccc1-c1ccc([C@H](C)NC(=O)[C@@H]2C[C@@H](O)CN2C(=O)[C@@H](NC(=O)OC(C)(C)C)C(C)C)cc1. The Morgan fingerprint density at radius 2 is 1.76 bits per heavy atom. The van der Waals surface area contributed by atoms with Crippen LogP contribution in [0, 0.1) is 5.92 Å². The van der Waals surface area contributed by atoms with E-state index in [1.54, 1.807) is 40.8 Å². The summed E-state index contributed by atoms with van der Waals surface area (Å²) in [5.74, 6) is -1.03. The largest absolute Gasteiger partial charge is 0.444 e. The van der Waals surface area contributed by atoms with Crippen molar-refractivity contribution in [3.63, 3.8) is 0 Å². The fourth-order valence-corrected chi connectivity index (χ4v) is 4.60. The number of aryl methyl sites for hydroxylation is 1. The van der Waals surface area contributed by atoms with Crippen LogP contribution in [-0.2, 0) is 20.9 Å². The van der Waals surface area contributed by atoms with Gasteiger partial charge in [-0.15, -0.1) is 0 Å². The number of nitrogens with zero attached hydrogens (tertiary/aromatic N) is 3. The summed E-state index contributed by atoms with van der Waals surface area (Å²) in [4.78, 5) is 40.5. The predicted molar refractivity (Wildman–Crippen MR) is 144 cm³/mol. The molecule has 3 rings (SSSR count). The Balaban J connectivity index is 1.69. The maximum atomic E-state index is 13.5. The van der Waals surface area contributed by atoms with Crippen molar-refractivity contribution in [2.75, 3.05) is 6.54 Å². The normalized spacial score (nSPS) is 19.2. The van der Waals surface area contributed by atoms with Crippen LogP contribution in [0.4, 0.5) is 4.79 Å². The number of benzene rings is 1. The number of alkyl carbamates (subject to hydrolysis) is 1. The third-order valence-electron chi connectivity index (χ3n) is 6.55. The molecule has 0 radical (unpaired) electrons. The monoisotopic (exact) mass is 527 g/mol. The number of nitrogens with one attached hydrogen (secondary N) is 2. The molecule has 4 atom stereocenters. The molecule has 0 spiro atoms. The quantitative estimate of drug-likeness (QED) is 0.484. The maximum Gasteiger partial charge on any atom is 0.408 e. The average Bonchev–Trinajstić information content (AvgIpc) is 3.47. The zero-order chi connectivity index (χ0) is 28.2. The number of amides is 3. The van der Waals surface area contributed by atoms with Crippen LogP contribution in [0.15, 0.2) is 36.5 Å². The molecule has 1 aliphatic heterocycles. The molecule has 1 aromatic carbocycles. The van der Waals surface area contributed by atoms with Gasteiger partial charge in [0.25, 0.3) is 0 Å². The number of aliphatic hydroxyl groups excluding tert-OH is 1. The lowest BCUT2D eigenvalue weighted by Gasteiger charge is -2.31. The van der Waals surface area contributed by atoms with Crippen LogP contribution in [0.25, 0.3) is 11.3 Å². The Morgan fingerprint density at radius 3 is 2.34 bits per heavy atom. The minimum atomic E-state index is -0.896. The summed E-state index contributed by atoms with van der Waals surface area (Å²) in [7, 11) is 0. The van der Waals surface area contributed by atoms with Crippen molar-refractivity contribution in [3.05, 3.63) is 42.1 Å². The van der Waals surface area contributed by atoms with E-state index in [9.17, 15) is 19.5 Å². The summed E-state index contributed by atoms with van der Waals surface area (Å²) >= 11 is 0. The van der Waals surface area contributed by atoms with Crippen LogP contribution >= 0.6 is 0 Å². The van der Waals surface area contributed by atoms with Crippen LogP contribution in [0.3, 0.4) is 0 Å². The molecule has 0 unspecified atom stereocenters. The Kier molecular flexibility index (Phi) is 9.19. The van der Waals surface area contributed by atoms with E-state index in [-0.39, 0.29) is 30.8 Å². The van der Waals surface area contributed by atoms with Gasteiger partial charge >= 0.3 is 6.09 Å². The molecule has 2 heterocycles. The molecule has 0 aliphatic carbocycles. The van der Waals surface area contributed by atoms with Gasteiger partial charge in [0, 0.05) is 25.7 Å². The molecule has 10 nitrogen and oxygen atoms in total. The third kappa shape index (κ3) is 7.12. The highest BCUT2D eigenvalue weighted by atomic mass is 16.6. The molecule has 10 heteroatoms. The van der Waals surface area contributed by atoms with Crippen molar-refractivity contribution >= 4 is 17.9 Å². The summed E-state index contributed by atoms with van der Waals surface area (Å²) in [5, 5.41) is 20.3. The molecule has 0 saturated carbocycles. The number of likely N-dealkylation sites (tertiary alicyclic amines) is 1. The van der Waals surface area contributed by atoms with E-state index in [0.717, 1.165) is 23.4 Å². The number of ether oxygens (including phenoxy) is 1. The molecule has 0 bridgehead atoms. The number of hydrogen-bond donors (Lipinski definition) is 3. The summed E-state index contributed by atoms with van der Waals surface area (Å²) < 4.78 is 7.23. The molecule has 38 heavy (non-hydrogen) atoms. The second-order valence-corrected chi connectivity index (χ2v) is 11.1. The van der Waals surface area contributed by atoms with E-state index >= 15 is 0 Å². The zero-order valence-electron chi connectivity index (χ0n) is 23.4. The molecule has 1 aliphatic rings. The average molecular weight is 528 g/mol. The number of aliphatic hydroxyl groups is 1. The van der Waals surface area contributed by atoms with Crippen LogP contribution < -0.4 is 10.6 Å². The third-order valence-corrected chi connectivity index (χ3v) is 6.55. The minimum Gasteiger partial charge on any atom is -0.444 e. The van der Waals surface area contributed by atoms with Gasteiger partial charge in [-0.2, -0.15) is 5.10 Å². The van der Waals surface area contributed by atoms with E-state index in [4.69, 9.17) is 4.74 Å². The van der Waals surface area contributed by atoms with Crippen LogP contribution in [-0.4, -0.2) is 68.0 Å². The van der Waals surface area contributed by atoms with Crippen molar-refractivity contribution in [1.29, 1.82) is 0 Å². The van der Waals surface area contributed by atoms with Gasteiger partial charge in [0.15, 0.2) is 0 Å². The van der Waals surface area contributed by atoms with Crippen molar-refractivity contribution in [1.82, 2.24) is 25.3 Å². The van der Waals surface area contributed by atoms with E-state index in [1.807, 2.05) is 48.9 Å². The smallest absolute Gasteiger partial charge is 0.408 e. The van der Waals surface area contributed by atoms with Crippen molar-refractivity contribution in [3.8, 4) is 11.3 Å². The fraction of sp³-hybridized carbons (Fsp3) is 0.571. The molecule has 2 aromatic rings. The second kappa shape index (κ2) is 12.0. The molecule has 1 aromatic heterocycles. The molecule has 208 valence electrons. The van der Waals surface area contributed by atoms with Gasteiger partial charge in [-0.25, -0.2) is 4.79 Å². The van der Waals surface area contributed by atoms with Crippen LogP contribution in [0.2, 0.25) is 0 Å². The van der Waals surface area contributed by atoms with Gasteiger partial charge in [0.2, 0.25) is 11.8 Å². The van der Waals surface area contributed by atoms with E-state index in [1.165, 1.54) is 4.90 Å². The first-order valence-corrected chi connectivity index (χ1v) is 13.2. The fourth-order valence-electron chi connectivity index (χ4n) is 4.60. The first-order chi connectivity index (χ1) is 17.8. The standard InChI is InChI=1S/C28H41N5O5/c1-8-33-22(13-14-29-33)20-11-9-19(10-12-20)18(4)30-25(35)23-15-21(34)16-32(23)26(36)24(17(2)3)31-27(37)38-28(5,6)7/h9-14,17-18,21,23-24,34H,8,15-16H2,1-7H3,(H,30,35)(H,31,37)/t18-,21+,23-,24-/m0/s1. The number of rotatable bonds is 8. The Labute approximate surface area is 224 Å². The number of carbonyl (C=O) groups is 3. The molecular weight excluding hydrogens is 486 g/mol. The molecule has 1 fully saturated rings. The van der Waals surface area contributed by atoms with Gasteiger partial charge in [0.1, 0.15) is 17.7 Å². The number of carbonyl (C=O) groups excluding carboxylic acids is 3. The zero-order valence-corrected chi connectivity index (χ0v) is 23.4. The lowest BCUT2D eigenvalue weighted by molar-refractivity contribution is -0.141. The lowest BCUT2D eigenvalue weighted by atomic mass is 10.0. The maximum absolute atomic E-state index is 13.5. The summed E-state index contributed by atoms with van der Waals surface area (Å²) in [6.07, 6.45) is 0.360. The van der Waals surface area contributed by atoms with E-state index < -0.39 is 35.8 Å². The van der Waals surface area contributed by atoms with E-state index in [2.05, 4.69) is 15.7 Å². The van der Waals surface area contributed by atoms with Gasteiger partial charge in [0.05, 0.1) is 17.8 Å². The van der Waals surface area contributed by atoms with Crippen LogP contribution in [0.5, 0.6) is 0 Å². The first kappa shape index (κ1) is 29.2. The Bertz CT molecular complexity index is 1120. The van der Waals surface area contributed by atoms with Gasteiger partial charge in [-0.05, 0) is 57.7 Å². The van der Waals surface area contributed by atoms with Crippen molar-refractivity contribution < 1.29 is 24.2 Å². The second-order valence-electron chi connectivity index (χ2n) is 11.1.